The number of carboxylic acid groups (broad SMARTS) is 1. The van der Waals surface area contributed by atoms with Crippen LogP contribution in [0.4, 0.5) is 0 Å². The summed E-state index contributed by atoms with van der Waals surface area (Å²) >= 11 is 0. The zero-order valence-corrected chi connectivity index (χ0v) is 7.79. The van der Waals surface area contributed by atoms with Crippen molar-refractivity contribution in [3.8, 4) is 0 Å². The van der Waals surface area contributed by atoms with Crippen LogP contribution in [0.25, 0.3) is 0 Å². The van der Waals surface area contributed by atoms with E-state index in [9.17, 15) is 9.59 Å². The summed E-state index contributed by atoms with van der Waals surface area (Å²) in [5.74, 6) is -1.16. The highest BCUT2D eigenvalue weighted by Crippen LogP contribution is 2.03. The molecule has 1 N–H and O–H groups in total. The Kier molecular flexibility index (Phi) is 2.23. The van der Waals surface area contributed by atoms with E-state index in [-0.39, 0.29) is 5.56 Å². The molecule has 1 aromatic heterocycles. The Morgan fingerprint density at radius 3 is 2.46 bits per heavy atom. The van der Waals surface area contributed by atoms with Crippen molar-refractivity contribution < 1.29 is 9.90 Å². The van der Waals surface area contributed by atoms with Crippen LogP contribution >= 0.6 is 0 Å². The fourth-order valence-corrected chi connectivity index (χ4v) is 1.24. The first-order valence-electron chi connectivity index (χ1n) is 3.85. The minimum atomic E-state index is -1.16. The fraction of sp³-hybridized carbons (Fsp3) is 0.333. The molecule has 4 heteroatoms. The van der Waals surface area contributed by atoms with Crippen molar-refractivity contribution in [2.45, 2.75) is 13.8 Å². The smallest absolute Gasteiger partial charge is 0.341 e. The molecule has 1 heterocycles. The van der Waals surface area contributed by atoms with Gasteiger partial charge >= 0.3 is 5.97 Å². The number of aryl methyl sites for hydroxylation is 2. The Balaban J connectivity index is 3.66. The Hall–Kier alpha value is -1.58. The Bertz CT molecular complexity index is 418. The molecule has 0 aliphatic heterocycles. The average molecular weight is 181 g/mol. The van der Waals surface area contributed by atoms with Crippen molar-refractivity contribution in [2.75, 3.05) is 0 Å². The molecule has 0 radical (unpaired) electrons. The highest BCUT2D eigenvalue weighted by atomic mass is 16.4. The number of aromatic nitrogens is 1. The summed E-state index contributed by atoms with van der Waals surface area (Å²) in [6.07, 6.45) is 1.63. The van der Waals surface area contributed by atoms with Gasteiger partial charge in [0, 0.05) is 24.5 Å². The quantitative estimate of drug-likeness (QED) is 0.693. The molecule has 0 aliphatic rings. The number of carbonyl (C=O) groups is 1. The average Bonchev–Trinajstić information content (AvgIpc) is 2.01. The first kappa shape index (κ1) is 9.51. The van der Waals surface area contributed by atoms with Crippen molar-refractivity contribution in [3.05, 3.63) is 33.2 Å². The van der Waals surface area contributed by atoms with E-state index in [0.29, 0.717) is 11.3 Å². The molecule has 0 saturated heterocycles. The van der Waals surface area contributed by atoms with Crippen molar-refractivity contribution in [3.63, 3.8) is 0 Å². The molecular weight excluding hydrogens is 170 g/mol. The molecule has 4 nitrogen and oxygen atoms in total. The van der Waals surface area contributed by atoms with Gasteiger partial charge in [-0.3, -0.25) is 4.79 Å². The molecule has 0 amide bonds. The lowest BCUT2D eigenvalue weighted by Gasteiger charge is -2.07. The van der Waals surface area contributed by atoms with Crippen LogP contribution in [0, 0.1) is 13.8 Å². The van der Waals surface area contributed by atoms with E-state index in [0.717, 1.165) is 0 Å². The summed E-state index contributed by atoms with van der Waals surface area (Å²) in [7, 11) is 1.72. The van der Waals surface area contributed by atoms with Crippen molar-refractivity contribution in [2.24, 2.45) is 7.05 Å². The molecule has 0 spiro atoms. The molecule has 0 saturated carbocycles. The van der Waals surface area contributed by atoms with E-state index < -0.39 is 11.4 Å². The van der Waals surface area contributed by atoms with Gasteiger partial charge in [0.05, 0.1) is 0 Å². The third-order valence-corrected chi connectivity index (χ3v) is 2.08. The number of hydrogen-bond donors (Lipinski definition) is 1. The van der Waals surface area contributed by atoms with E-state index in [4.69, 9.17) is 5.11 Å². The molecule has 70 valence electrons. The standard InChI is InChI=1S/C9H11NO3/c1-5-4-10(3)6(2)7(8(5)11)9(12)13/h4H,1-3H3,(H,12,13). The van der Waals surface area contributed by atoms with Crippen LogP contribution in [0.3, 0.4) is 0 Å². The SMILES string of the molecule is Cc1cn(C)c(C)c(C(=O)O)c1=O. The second kappa shape index (κ2) is 3.05. The molecule has 1 rings (SSSR count). The Morgan fingerprint density at radius 1 is 1.46 bits per heavy atom. The van der Waals surface area contributed by atoms with E-state index in [1.807, 2.05) is 0 Å². The molecular formula is C9H11NO3. The van der Waals surface area contributed by atoms with Crippen LogP contribution < -0.4 is 5.43 Å². The third-order valence-electron chi connectivity index (χ3n) is 2.08. The molecule has 0 aliphatic carbocycles. The molecule has 0 fully saturated rings. The molecule has 0 aromatic carbocycles. The first-order valence-corrected chi connectivity index (χ1v) is 3.85. The van der Waals surface area contributed by atoms with Gasteiger partial charge in [-0.15, -0.1) is 0 Å². The van der Waals surface area contributed by atoms with Gasteiger partial charge in [0.1, 0.15) is 5.56 Å². The normalized spacial score (nSPS) is 10.1. The first-order chi connectivity index (χ1) is 5.95. The van der Waals surface area contributed by atoms with Gasteiger partial charge in [0.15, 0.2) is 5.43 Å². The second-order valence-electron chi connectivity index (χ2n) is 3.02. The number of nitrogens with zero attached hydrogens (tertiary/aromatic N) is 1. The monoisotopic (exact) mass is 181 g/mol. The summed E-state index contributed by atoms with van der Waals surface area (Å²) in [6, 6.07) is 0. The largest absolute Gasteiger partial charge is 0.477 e. The predicted octanol–water partition coefficient (Wildman–Crippen LogP) is 0.700. The summed E-state index contributed by atoms with van der Waals surface area (Å²) in [5.41, 5.74) is 0.388. The molecule has 0 bridgehead atoms. The summed E-state index contributed by atoms with van der Waals surface area (Å²) in [5, 5.41) is 8.78. The van der Waals surface area contributed by atoms with Crippen LogP contribution in [0.1, 0.15) is 21.6 Å². The lowest BCUT2D eigenvalue weighted by molar-refractivity contribution is 0.0693. The maximum atomic E-state index is 11.4. The van der Waals surface area contributed by atoms with E-state index in [1.165, 1.54) is 0 Å². The van der Waals surface area contributed by atoms with Gasteiger partial charge < -0.3 is 9.67 Å². The van der Waals surface area contributed by atoms with E-state index in [2.05, 4.69) is 0 Å². The van der Waals surface area contributed by atoms with Gasteiger partial charge in [0.25, 0.3) is 0 Å². The second-order valence-corrected chi connectivity index (χ2v) is 3.02. The highest BCUT2D eigenvalue weighted by molar-refractivity contribution is 5.88. The van der Waals surface area contributed by atoms with Crippen LogP contribution in [0.2, 0.25) is 0 Å². The summed E-state index contributed by atoms with van der Waals surface area (Å²) in [4.78, 5) is 22.1. The maximum Gasteiger partial charge on any atom is 0.341 e. The maximum absolute atomic E-state index is 11.4. The lowest BCUT2D eigenvalue weighted by atomic mass is 10.1. The van der Waals surface area contributed by atoms with Gasteiger partial charge in [-0.1, -0.05) is 0 Å². The molecule has 13 heavy (non-hydrogen) atoms. The predicted molar refractivity (Wildman–Crippen MR) is 48.1 cm³/mol. The van der Waals surface area contributed by atoms with Crippen molar-refractivity contribution in [1.29, 1.82) is 0 Å². The van der Waals surface area contributed by atoms with Gasteiger partial charge in [0.2, 0.25) is 0 Å². The topological polar surface area (TPSA) is 59.3 Å². The number of carboxylic acids is 1. The number of rotatable bonds is 1. The minimum Gasteiger partial charge on any atom is -0.477 e. The zero-order chi connectivity index (χ0) is 10.2. The molecule has 0 atom stereocenters. The van der Waals surface area contributed by atoms with Crippen LogP contribution in [0.15, 0.2) is 11.0 Å². The summed E-state index contributed by atoms with van der Waals surface area (Å²) < 4.78 is 1.64. The van der Waals surface area contributed by atoms with E-state index >= 15 is 0 Å². The Morgan fingerprint density at radius 2 is 2.00 bits per heavy atom. The lowest BCUT2D eigenvalue weighted by Crippen LogP contribution is -2.22. The zero-order valence-electron chi connectivity index (χ0n) is 7.79. The Labute approximate surface area is 75.4 Å². The van der Waals surface area contributed by atoms with Crippen LogP contribution in [-0.4, -0.2) is 15.6 Å². The van der Waals surface area contributed by atoms with E-state index in [1.54, 1.807) is 31.7 Å². The highest BCUT2D eigenvalue weighted by Gasteiger charge is 2.14. The number of aromatic carboxylic acids is 1. The van der Waals surface area contributed by atoms with Crippen LogP contribution in [-0.2, 0) is 7.05 Å². The number of pyridine rings is 1. The number of hydrogen-bond acceptors (Lipinski definition) is 2. The third kappa shape index (κ3) is 1.47. The van der Waals surface area contributed by atoms with Crippen molar-refractivity contribution >= 4 is 5.97 Å². The summed E-state index contributed by atoms with van der Waals surface area (Å²) in [6.45, 7) is 3.22. The van der Waals surface area contributed by atoms with Gasteiger partial charge in [-0.2, -0.15) is 0 Å². The molecule has 0 unspecified atom stereocenters. The fourth-order valence-electron chi connectivity index (χ4n) is 1.24. The van der Waals surface area contributed by atoms with Gasteiger partial charge in [-0.05, 0) is 13.8 Å². The van der Waals surface area contributed by atoms with Crippen LogP contribution in [0.5, 0.6) is 0 Å². The minimum absolute atomic E-state index is 0.137. The van der Waals surface area contributed by atoms with Gasteiger partial charge in [-0.25, -0.2) is 4.79 Å². The molecule has 1 aromatic rings. The van der Waals surface area contributed by atoms with Crippen molar-refractivity contribution in [1.82, 2.24) is 4.57 Å².